The second kappa shape index (κ2) is 4.95. The van der Waals surface area contributed by atoms with Gasteiger partial charge in [0.05, 0.1) is 28.5 Å². The maximum absolute atomic E-state index is 6.00. The smallest absolute Gasteiger partial charge is 0.180 e. The van der Waals surface area contributed by atoms with Gasteiger partial charge in [0.2, 0.25) is 0 Å². The number of halogens is 3. The van der Waals surface area contributed by atoms with Gasteiger partial charge in [-0.05, 0) is 12.1 Å². The average molecular weight is 278 g/mol. The van der Waals surface area contributed by atoms with Gasteiger partial charge in [-0.2, -0.15) is 0 Å². The fraction of sp³-hybridized carbons (Fsp3) is 0.100. The number of hydrogen-bond acceptors (Lipinski definition) is 3. The highest BCUT2D eigenvalue weighted by Gasteiger charge is 2.08. The van der Waals surface area contributed by atoms with Crippen LogP contribution >= 0.6 is 34.8 Å². The van der Waals surface area contributed by atoms with E-state index >= 15 is 0 Å². The molecule has 0 unspecified atom stereocenters. The Hall–Kier alpha value is -0.900. The SMILES string of the molecule is Clc1cc(Cl)c(NCc2cnco2)c(Cl)c1. The van der Waals surface area contributed by atoms with Crippen LogP contribution in [0.4, 0.5) is 5.69 Å². The first-order valence-electron chi connectivity index (χ1n) is 4.42. The third-order valence-electron chi connectivity index (χ3n) is 1.93. The van der Waals surface area contributed by atoms with E-state index in [1.54, 1.807) is 18.3 Å². The summed E-state index contributed by atoms with van der Waals surface area (Å²) in [5.74, 6) is 0.696. The van der Waals surface area contributed by atoms with Gasteiger partial charge in [0.15, 0.2) is 6.39 Å². The van der Waals surface area contributed by atoms with Crippen LogP contribution in [0.3, 0.4) is 0 Å². The number of oxazole rings is 1. The predicted molar refractivity (Wildman–Crippen MR) is 65.3 cm³/mol. The lowest BCUT2D eigenvalue weighted by molar-refractivity contribution is 0.512. The van der Waals surface area contributed by atoms with Gasteiger partial charge in [-0.3, -0.25) is 0 Å². The summed E-state index contributed by atoms with van der Waals surface area (Å²) in [5, 5.41) is 4.49. The van der Waals surface area contributed by atoms with E-state index in [0.717, 1.165) is 0 Å². The third kappa shape index (κ3) is 2.61. The molecule has 0 bridgehead atoms. The lowest BCUT2D eigenvalue weighted by Gasteiger charge is -2.09. The van der Waals surface area contributed by atoms with Crippen LogP contribution in [0.1, 0.15) is 5.76 Å². The van der Waals surface area contributed by atoms with Crippen molar-refractivity contribution in [1.29, 1.82) is 0 Å². The van der Waals surface area contributed by atoms with Crippen LogP contribution in [0.5, 0.6) is 0 Å². The first-order valence-corrected chi connectivity index (χ1v) is 5.56. The van der Waals surface area contributed by atoms with Gasteiger partial charge < -0.3 is 9.73 Å². The fourth-order valence-electron chi connectivity index (χ4n) is 1.22. The maximum atomic E-state index is 6.00. The van der Waals surface area contributed by atoms with Crippen molar-refractivity contribution >= 4 is 40.5 Å². The summed E-state index contributed by atoms with van der Waals surface area (Å²) in [7, 11) is 0. The molecule has 0 atom stereocenters. The maximum Gasteiger partial charge on any atom is 0.180 e. The van der Waals surface area contributed by atoms with E-state index in [4.69, 9.17) is 39.2 Å². The lowest BCUT2D eigenvalue weighted by Crippen LogP contribution is -1.99. The molecular formula is C10H7Cl3N2O. The summed E-state index contributed by atoms with van der Waals surface area (Å²) in [4.78, 5) is 3.80. The normalized spacial score (nSPS) is 10.4. The quantitative estimate of drug-likeness (QED) is 0.911. The monoisotopic (exact) mass is 276 g/mol. The van der Waals surface area contributed by atoms with Crippen molar-refractivity contribution in [2.45, 2.75) is 6.54 Å². The number of nitrogens with one attached hydrogen (secondary N) is 1. The molecule has 16 heavy (non-hydrogen) atoms. The highest BCUT2D eigenvalue weighted by atomic mass is 35.5. The molecule has 0 spiro atoms. The Balaban J connectivity index is 2.15. The van der Waals surface area contributed by atoms with Crippen LogP contribution in [0.2, 0.25) is 15.1 Å². The number of nitrogens with zero attached hydrogens (tertiary/aromatic N) is 1. The molecule has 84 valence electrons. The summed E-state index contributed by atoms with van der Waals surface area (Å²) >= 11 is 17.8. The summed E-state index contributed by atoms with van der Waals surface area (Å²) in [5.41, 5.74) is 0.629. The Labute approximate surface area is 107 Å². The molecule has 0 saturated heterocycles. The van der Waals surface area contributed by atoms with Crippen molar-refractivity contribution in [3.05, 3.63) is 45.6 Å². The highest BCUT2D eigenvalue weighted by molar-refractivity contribution is 6.41. The van der Waals surface area contributed by atoms with Crippen molar-refractivity contribution in [2.24, 2.45) is 0 Å². The van der Waals surface area contributed by atoms with Gasteiger partial charge in [-0.1, -0.05) is 34.8 Å². The van der Waals surface area contributed by atoms with E-state index in [9.17, 15) is 0 Å². The Morgan fingerprint density at radius 2 is 1.88 bits per heavy atom. The molecule has 2 rings (SSSR count). The molecule has 0 aliphatic carbocycles. The van der Waals surface area contributed by atoms with Crippen molar-refractivity contribution in [1.82, 2.24) is 4.98 Å². The molecule has 0 fully saturated rings. The number of anilines is 1. The van der Waals surface area contributed by atoms with Gasteiger partial charge in [-0.25, -0.2) is 4.98 Å². The second-order valence-corrected chi connectivity index (χ2v) is 4.32. The standard InChI is InChI=1S/C10H7Cl3N2O/c11-6-1-8(12)10(9(13)2-6)15-4-7-3-14-5-16-7/h1-3,5,15H,4H2. The molecule has 0 aliphatic heterocycles. The van der Waals surface area contributed by atoms with Gasteiger partial charge in [0.1, 0.15) is 5.76 Å². The zero-order valence-electron chi connectivity index (χ0n) is 8.01. The van der Waals surface area contributed by atoms with Crippen LogP contribution in [-0.2, 0) is 6.54 Å². The largest absolute Gasteiger partial charge is 0.447 e. The Kier molecular flexibility index (Phi) is 3.59. The molecular weight excluding hydrogens is 270 g/mol. The molecule has 3 nitrogen and oxygen atoms in total. The summed E-state index contributed by atoms with van der Waals surface area (Å²) in [6, 6.07) is 3.25. The summed E-state index contributed by atoms with van der Waals surface area (Å²) in [6.45, 7) is 0.459. The summed E-state index contributed by atoms with van der Waals surface area (Å²) in [6.07, 6.45) is 2.98. The van der Waals surface area contributed by atoms with E-state index in [2.05, 4.69) is 10.3 Å². The fourth-order valence-corrected chi connectivity index (χ4v) is 2.17. The van der Waals surface area contributed by atoms with Gasteiger partial charge >= 0.3 is 0 Å². The van der Waals surface area contributed by atoms with Gasteiger partial charge in [0.25, 0.3) is 0 Å². The number of hydrogen-bond donors (Lipinski definition) is 1. The molecule has 6 heteroatoms. The van der Waals surface area contributed by atoms with Crippen molar-refractivity contribution in [3.8, 4) is 0 Å². The van der Waals surface area contributed by atoms with Gasteiger partial charge in [0, 0.05) is 5.02 Å². The minimum Gasteiger partial charge on any atom is -0.447 e. The Morgan fingerprint density at radius 1 is 1.19 bits per heavy atom. The van der Waals surface area contributed by atoms with Crippen LogP contribution in [0, 0.1) is 0 Å². The van der Waals surface area contributed by atoms with E-state index < -0.39 is 0 Å². The van der Waals surface area contributed by atoms with E-state index in [1.807, 2.05) is 0 Å². The van der Waals surface area contributed by atoms with Crippen molar-refractivity contribution in [2.75, 3.05) is 5.32 Å². The first kappa shape index (κ1) is 11.6. The lowest BCUT2D eigenvalue weighted by atomic mass is 10.3. The zero-order chi connectivity index (χ0) is 11.5. The molecule has 0 aliphatic rings. The molecule has 1 heterocycles. The average Bonchev–Trinajstić information content (AvgIpc) is 2.68. The van der Waals surface area contributed by atoms with Crippen LogP contribution in [0.15, 0.2) is 29.1 Å². The predicted octanol–water partition coefficient (Wildman–Crippen LogP) is 4.25. The minimum atomic E-state index is 0.459. The number of aromatic nitrogens is 1. The molecule has 1 aromatic heterocycles. The number of benzene rings is 1. The third-order valence-corrected chi connectivity index (χ3v) is 2.74. The van der Waals surface area contributed by atoms with E-state index in [1.165, 1.54) is 6.39 Å². The number of rotatable bonds is 3. The van der Waals surface area contributed by atoms with Crippen LogP contribution in [-0.4, -0.2) is 4.98 Å². The minimum absolute atomic E-state index is 0.459. The molecule has 1 aromatic carbocycles. The molecule has 2 aromatic rings. The topological polar surface area (TPSA) is 38.1 Å². The molecule has 1 N–H and O–H groups in total. The first-order chi connectivity index (χ1) is 7.66. The highest BCUT2D eigenvalue weighted by Crippen LogP contribution is 2.33. The van der Waals surface area contributed by atoms with E-state index in [0.29, 0.717) is 33.1 Å². The Bertz CT molecular complexity index is 462. The Morgan fingerprint density at radius 3 is 2.44 bits per heavy atom. The molecule has 0 amide bonds. The van der Waals surface area contributed by atoms with Crippen LogP contribution in [0.25, 0.3) is 0 Å². The summed E-state index contributed by atoms with van der Waals surface area (Å²) < 4.78 is 5.07. The zero-order valence-corrected chi connectivity index (χ0v) is 10.3. The molecule has 0 radical (unpaired) electrons. The van der Waals surface area contributed by atoms with Gasteiger partial charge in [-0.15, -0.1) is 0 Å². The van der Waals surface area contributed by atoms with Crippen molar-refractivity contribution in [3.63, 3.8) is 0 Å². The molecule has 0 saturated carbocycles. The second-order valence-electron chi connectivity index (χ2n) is 3.07. The van der Waals surface area contributed by atoms with E-state index in [-0.39, 0.29) is 0 Å². The van der Waals surface area contributed by atoms with Crippen molar-refractivity contribution < 1.29 is 4.42 Å². The van der Waals surface area contributed by atoms with Crippen LogP contribution < -0.4 is 5.32 Å².